The highest BCUT2D eigenvalue weighted by Crippen LogP contribution is 2.28. The fraction of sp³-hybridized carbons (Fsp3) is 0.222. The van der Waals surface area contributed by atoms with E-state index in [0.29, 0.717) is 11.3 Å². The van der Waals surface area contributed by atoms with E-state index in [-0.39, 0.29) is 11.6 Å². The molecule has 1 aromatic carbocycles. The fourth-order valence-corrected chi connectivity index (χ4v) is 1.26. The van der Waals surface area contributed by atoms with Crippen LogP contribution in [0.5, 0.6) is 5.75 Å². The van der Waals surface area contributed by atoms with E-state index < -0.39 is 6.10 Å². The zero-order valence-electron chi connectivity index (χ0n) is 6.50. The van der Waals surface area contributed by atoms with Crippen LogP contribution in [-0.4, -0.2) is 11.9 Å². The van der Waals surface area contributed by atoms with Gasteiger partial charge in [-0.3, -0.25) is 4.79 Å². The molecule has 0 bridgehead atoms. The molecule has 0 amide bonds. The van der Waals surface area contributed by atoms with Crippen LogP contribution < -0.4 is 4.74 Å². The van der Waals surface area contributed by atoms with Crippen molar-refractivity contribution < 1.29 is 13.9 Å². The Balaban J connectivity index is 2.54. The molecule has 0 saturated carbocycles. The third kappa shape index (κ3) is 0.897. The molecule has 0 saturated heterocycles. The number of halogens is 1. The van der Waals surface area contributed by atoms with E-state index in [9.17, 15) is 9.18 Å². The van der Waals surface area contributed by atoms with Gasteiger partial charge in [-0.2, -0.15) is 0 Å². The normalized spacial score (nSPS) is 20.5. The number of carbonyl (C=O) groups is 1. The number of ketones is 1. The van der Waals surface area contributed by atoms with Crippen LogP contribution >= 0.6 is 0 Å². The van der Waals surface area contributed by atoms with Crippen molar-refractivity contribution in [3.63, 3.8) is 0 Å². The largest absolute Gasteiger partial charge is 0.482 e. The van der Waals surface area contributed by atoms with E-state index in [1.165, 1.54) is 18.2 Å². The van der Waals surface area contributed by atoms with Gasteiger partial charge in [0.1, 0.15) is 11.6 Å². The van der Waals surface area contributed by atoms with E-state index in [4.69, 9.17) is 4.74 Å². The quantitative estimate of drug-likeness (QED) is 0.587. The maximum Gasteiger partial charge on any atom is 0.206 e. The molecule has 1 aliphatic rings. The predicted molar refractivity (Wildman–Crippen MR) is 40.8 cm³/mol. The molecule has 2 nitrogen and oxygen atoms in total. The van der Waals surface area contributed by atoms with Gasteiger partial charge in [-0.1, -0.05) is 0 Å². The van der Waals surface area contributed by atoms with Gasteiger partial charge in [-0.15, -0.1) is 0 Å². The summed E-state index contributed by atoms with van der Waals surface area (Å²) in [6.45, 7) is 1.65. The summed E-state index contributed by atoms with van der Waals surface area (Å²) in [7, 11) is 0. The average Bonchev–Trinajstić information content (AvgIpc) is 2.28. The summed E-state index contributed by atoms with van der Waals surface area (Å²) in [4.78, 5) is 11.3. The van der Waals surface area contributed by atoms with Gasteiger partial charge >= 0.3 is 0 Å². The highest BCUT2D eigenvalue weighted by Gasteiger charge is 2.28. The molecule has 3 heteroatoms. The van der Waals surface area contributed by atoms with Crippen molar-refractivity contribution >= 4 is 5.78 Å². The molecule has 0 N–H and O–H groups in total. The number of rotatable bonds is 0. The van der Waals surface area contributed by atoms with Crippen molar-refractivity contribution in [3.8, 4) is 5.75 Å². The van der Waals surface area contributed by atoms with Crippen LogP contribution in [0.1, 0.15) is 17.3 Å². The summed E-state index contributed by atoms with van der Waals surface area (Å²) >= 11 is 0. The average molecular weight is 166 g/mol. The van der Waals surface area contributed by atoms with Crippen molar-refractivity contribution in [2.75, 3.05) is 0 Å². The number of ether oxygens (including phenoxy) is 1. The number of benzene rings is 1. The third-order valence-electron chi connectivity index (χ3n) is 1.88. The molecule has 0 radical (unpaired) electrons. The summed E-state index contributed by atoms with van der Waals surface area (Å²) < 4.78 is 17.7. The van der Waals surface area contributed by atoms with Crippen LogP contribution in [0.25, 0.3) is 0 Å². The van der Waals surface area contributed by atoms with Gasteiger partial charge in [0.2, 0.25) is 5.78 Å². The minimum Gasteiger partial charge on any atom is -0.482 e. The zero-order valence-corrected chi connectivity index (χ0v) is 6.50. The minimum atomic E-state index is -0.471. The molecule has 1 heterocycles. The molecule has 0 aliphatic carbocycles. The Hall–Kier alpha value is -1.38. The SMILES string of the molecule is C[C@H]1Oc2cc(F)ccc2C1=O. The minimum absolute atomic E-state index is 0.0787. The lowest BCUT2D eigenvalue weighted by Gasteiger charge is -1.99. The first-order valence-electron chi connectivity index (χ1n) is 3.69. The van der Waals surface area contributed by atoms with Crippen LogP contribution in [0.3, 0.4) is 0 Å². The first kappa shape index (κ1) is 7.28. The lowest BCUT2D eigenvalue weighted by atomic mass is 10.1. The van der Waals surface area contributed by atoms with E-state index in [1.807, 2.05) is 0 Å². The first-order chi connectivity index (χ1) is 5.68. The second-order valence-electron chi connectivity index (χ2n) is 2.76. The number of hydrogen-bond donors (Lipinski definition) is 0. The summed E-state index contributed by atoms with van der Waals surface area (Å²) in [6.07, 6.45) is -0.471. The summed E-state index contributed by atoms with van der Waals surface area (Å²) in [5.74, 6) is -0.104. The van der Waals surface area contributed by atoms with Crippen molar-refractivity contribution in [1.82, 2.24) is 0 Å². The topological polar surface area (TPSA) is 26.3 Å². The summed E-state index contributed by atoms with van der Waals surface area (Å²) in [5, 5.41) is 0. The molecule has 1 aliphatic heterocycles. The Morgan fingerprint density at radius 2 is 2.25 bits per heavy atom. The van der Waals surface area contributed by atoms with Gasteiger partial charge in [0.05, 0.1) is 5.56 Å². The molecule has 12 heavy (non-hydrogen) atoms. The second kappa shape index (κ2) is 2.30. The zero-order chi connectivity index (χ0) is 8.72. The molecular weight excluding hydrogens is 159 g/mol. The van der Waals surface area contributed by atoms with Gasteiger partial charge in [0.15, 0.2) is 6.10 Å². The van der Waals surface area contributed by atoms with Gasteiger partial charge in [-0.25, -0.2) is 4.39 Å². The maximum atomic E-state index is 12.6. The van der Waals surface area contributed by atoms with Crippen LogP contribution in [-0.2, 0) is 0 Å². The highest BCUT2D eigenvalue weighted by atomic mass is 19.1. The van der Waals surface area contributed by atoms with Gasteiger partial charge in [-0.05, 0) is 19.1 Å². The molecule has 1 aromatic rings. The molecule has 62 valence electrons. The Morgan fingerprint density at radius 1 is 1.50 bits per heavy atom. The number of fused-ring (bicyclic) bond motifs is 1. The van der Waals surface area contributed by atoms with Gasteiger partial charge < -0.3 is 4.74 Å². The molecule has 0 spiro atoms. The fourth-order valence-electron chi connectivity index (χ4n) is 1.26. The molecule has 0 aromatic heterocycles. The van der Waals surface area contributed by atoms with Crippen LogP contribution in [0.2, 0.25) is 0 Å². The molecule has 2 rings (SSSR count). The monoisotopic (exact) mass is 166 g/mol. The maximum absolute atomic E-state index is 12.6. The van der Waals surface area contributed by atoms with Gasteiger partial charge in [0, 0.05) is 6.07 Å². The van der Waals surface area contributed by atoms with E-state index in [1.54, 1.807) is 6.92 Å². The smallest absolute Gasteiger partial charge is 0.206 e. The summed E-state index contributed by atoms with van der Waals surface area (Å²) in [5.41, 5.74) is 0.476. The predicted octanol–water partition coefficient (Wildman–Crippen LogP) is 1.79. The van der Waals surface area contributed by atoms with E-state index >= 15 is 0 Å². The van der Waals surface area contributed by atoms with Crippen molar-refractivity contribution in [3.05, 3.63) is 29.6 Å². The standard InChI is InChI=1S/C9H7FO2/c1-5-9(11)7-3-2-6(10)4-8(7)12-5/h2-5H,1H3/t5-/m1/s1. The first-order valence-corrected chi connectivity index (χ1v) is 3.69. The second-order valence-corrected chi connectivity index (χ2v) is 2.76. The lowest BCUT2D eigenvalue weighted by molar-refractivity contribution is 0.0878. The molecule has 0 unspecified atom stereocenters. The Kier molecular flexibility index (Phi) is 1.40. The Bertz CT molecular complexity index is 346. The number of Topliss-reactive ketones (excluding diaryl/α,β-unsaturated/α-hetero) is 1. The van der Waals surface area contributed by atoms with E-state index in [0.717, 1.165) is 0 Å². The van der Waals surface area contributed by atoms with Crippen molar-refractivity contribution in [1.29, 1.82) is 0 Å². The van der Waals surface area contributed by atoms with Crippen LogP contribution in [0, 0.1) is 5.82 Å². The van der Waals surface area contributed by atoms with E-state index in [2.05, 4.69) is 0 Å². The van der Waals surface area contributed by atoms with Crippen LogP contribution in [0.15, 0.2) is 18.2 Å². The molecular formula is C9H7FO2. The van der Waals surface area contributed by atoms with Crippen LogP contribution in [0.4, 0.5) is 4.39 Å². The summed E-state index contributed by atoms with van der Waals surface area (Å²) in [6, 6.07) is 3.95. The van der Waals surface area contributed by atoms with Crippen molar-refractivity contribution in [2.24, 2.45) is 0 Å². The molecule has 0 fully saturated rings. The lowest BCUT2D eigenvalue weighted by Crippen LogP contribution is -2.14. The number of carbonyl (C=O) groups excluding carboxylic acids is 1. The Labute approximate surface area is 69.0 Å². The van der Waals surface area contributed by atoms with Crippen molar-refractivity contribution in [2.45, 2.75) is 13.0 Å². The molecule has 1 atom stereocenters. The third-order valence-corrected chi connectivity index (χ3v) is 1.88. The number of hydrogen-bond acceptors (Lipinski definition) is 2. The van der Waals surface area contributed by atoms with Gasteiger partial charge in [0.25, 0.3) is 0 Å². The highest BCUT2D eigenvalue weighted by molar-refractivity contribution is 6.04. The Morgan fingerprint density at radius 3 is 3.00 bits per heavy atom.